The minimum atomic E-state index is -0.0924. The van der Waals surface area contributed by atoms with Crippen molar-refractivity contribution in [2.45, 2.75) is 6.42 Å². The van der Waals surface area contributed by atoms with Gasteiger partial charge in [0.1, 0.15) is 0 Å². The predicted molar refractivity (Wildman–Crippen MR) is 50.1 cm³/mol. The summed E-state index contributed by atoms with van der Waals surface area (Å²) in [6.45, 7) is 0.746. The molecule has 0 bridgehead atoms. The van der Waals surface area contributed by atoms with E-state index in [4.69, 9.17) is 5.73 Å². The number of thiophene rings is 1. The molecule has 0 fully saturated rings. The van der Waals surface area contributed by atoms with E-state index in [1.54, 1.807) is 11.3 Å². The Morgan fingerprint density at radius 3 is 3.08 bits per heavy atom. The molecule has 1 aromatic rings. The minimum Gasteiger partial charge on any atom is -0.355 e. The molecule has 3 N–H and O–H groups in total. The van der Waals surface area contributed by atoms with Gasteiger partial charge in [0, 0.05) is 6.54 Å². The Morgan fingerprint density at radius 2 is 2.50 bits per heavy atom. The molecule has 0 aliphatic heterocycles. The molecule has 1 aromatic heterocycles. The first-order chi connectivity index (χ1) is 5.83. The maximum atomic E-state index is 10.7. The lowest BCUT2D eigenvalue weighted by molar-refractivity contribution is -0.119. The molecule has 0 unspecified atom stereocenters. The fraction of sp³-hybridized carbons (Fsp3) is 0.375. The van der Waals surface area contributed by atoms with Crippen molar-refractivity contribution in [2.75, 3.05) is 13.1 Å². The fourth-order valence-electron chi connectivity index (χ4n) is 0.853. The SMILES string of the molecule is NCC(=O)NCCc1ccsc1. The maximum absolute atomic E-state index is 10.7. The van der Waals surface area contributed by atoms with Gasteiger partial charge < -0.3 is 11.1 Å². The molecule has 0 aromatic carbocycles. The second-order valence-electron chi connectivity index (χ2n) is 2.44. The molecular formula is C8H12N2OS. The summed E-state index contributed by atoms with van der Waals surface area (Å²) in [5.41, 5.74) is 6.38. The number of hydrogen-bond donors (Lipinski definition) is 2. The van der Waals surface area contributed by atoms with Gasteiger partial charge in [0.2, 0.25) is 5.91 Å². The van der Waals surface area contributed by atoms with Crippen molar-refractivity contribution >= 4 is 17.2 Å². The highest BCUT2D eigenvalue weighted by Gasteiger charge is 1.96. The van der Waals surface area contributed by atoms with Gasteiger partial charge in [-0.25, -0.2) is 0 Å². The van der Waals surface area contributed by atoms with Gasteiger partial charge in [0.25, 0.3) is 0 Å². The second-order valence-corrected chi connectivity index (χ2v) is 3.22. The van der Waals surface area contributed by atoms with Gasteiger partial charge in [0.15, 0.2) is 0 Å². The lowest BCUT2D eigenvalue weighted by atomic mass is 10.2. The molecule has 0 aliphatic rings. The molecular weight excluding hydrogens is 172 g/mol. The number of nitrogens with two attached hydrogens (primary N) is 1. The van der Waals surface area contributed by atoms with Gasteiger partial charge >= 0.3 is 0 Å². The topological polar surface area (TPSA) is 55.1 Å². The molecule has 1 heterocycles. The summed E-state index contributed by atoms with van der Waals surface area (Å²) in [4.78, 5) is 10.7. The van der Waals surface area contributed by atoms with Crippen LogP contribution in [0.2, 0.25) is 0 Å². The first-order valence-corrected chi connectivity index (χ1v) is 4.75. The summed E-state index contributed by atoms with van der Waals surface area (Å²) in [5, 5.41) is 6.82. The molecule has 0 aliphatic carbocycles. The normalized spacial score (nSPS) is 9.75. The average molecular weight is 184 g/mol. The summed E-state index contributed by atoms with van der Waals surface area (Å²) >= 11 is 1.67. The molecule has 66 valence electrons. The highest BCUT2D eigenvalue weighted by atomic mass is 32.1. The van der Waals surface area contributed by atoms with Crippen molar-refractivity contribution in [2.24, 2.45) is 5.73 Å². The summed E-state index contributed by atoms with van der Waals surface area (Å²) in [6.07, 6.45) is 0.884. The maximum Gasteiger partial charge on any atom is 0.233 e. The summed E-state index contributed by atoms with van der Waals surface area (Å²) in [6, 6.07) is 2.05. The van der Waals surface area contributed by atoms with Crippen LogP contribution < -0.4 is 11.1 Å². The quantitative estimate of drug-likeness (QED) is 0.710. The van der Waals surface area contributed by atoms with Crippen molar-refractivity contribution in [1.29, 1.82) is 0 Å². The van der Waals surface area contributed by atoms with E-state index in [9.17, 15) is 4.79 Å². The van der Waals surface area contributed by atoms with E-state index >= 15 is 0 Å². The molecule has 3 nitrogen and oxygen atoms in total. The minimum absolute atomic E-state index is 0.0731. The Bertz CT molecular complexity index is 233. The van der Waals surface area contributed by atoms with Gasteiger partial charge in [0.05, 0.1) is 6.54 Å². The molecule has 1 amide bonds. The zero-order valence-electron chi connectivity index (χ0n) is 6.75. The number of rotatable bonds is 4. The molecule has 1 rings (SSSR count). The molecule has 0 saturated heterocycles. The van der Waals surface area contributed by atoms with Crippen LogP contribution in [0.4, 0.5) is 0 Å². The molecule has 0 atom stereocenters. The second kappa shape index (κ2) is 4.90. The first kappa shape index (κ1) is 9.22. The Morgan fingerprint density at radius 1 is 1.67 bits per heavy atom. The van der Waals surface area contributed by atoms with Crippen LogP contribution in [-0.4, -0.2) is 19.0 Å². The van der Waals surface area contributed by atoms with E-state index in [2.05, 4.69) is 16.8 Å². The van der Waals surface area contributed by atoms with Gasteiger partial charge in [-0.15, -0.1) is 0 Å². The summed E-state index contributed by atoms with van der Waals surface area (Å²) < 4.78 is 0. The van der Waals surface area contributed by atoms with Crippen LogP contribution in [-0.2, 0) is 11.2 Å². The van der Waals surface area contributed by atoms with Crippen molar-refractivity contribution < 1.29 is 4.79 Å². The van der Waals surface area contributed by atoms with Crippen LogP contribution in [0.5, 0.6) is 0 Å². The first-order valence-electron chi connectivity index (χ1n) is 3.81. The van der Waals surface area contributed by atoms with Crippen molar-refractivity contribution in [3.8, 4) is 0 Å². The Kier molecular flexibility index (Phi) is 3.76. The number of carbonyl (C=O) groups excluding carboxylic acids is 1. The van der Waals surface area contributed by atoms with Gasteiger partial charge in [-0.2, -0.15) is 11.3 Å². The predicted octanol–water partition coefficient (Wildman–Crippen LogP) is 0.365. The van der Waals surface area contributed by atoms with Crippen molar-refractivity contribution in [1.82, 2.24) is 5.32 Å². The largest absolute Gasteiger partial charge is 0.355 e. The van der Waals surface area contributed by atoms with Crippen molar-refractivity contribution in [3.05, 3.63) is 22.4 Å². The van der Waals surface area contributed by atoms with Crippen molar-refractivity contribution in [3.63, 3.8) is 0 Å². The number of nitrogens with one attached hydrogen (secondary N) is 1. The van der Waals surface area contributed by atoms with Crippen LogP contribution in [0, 0.1) is 0 Å². The zero-order chi connectivity index (χ0) is 8.81. The van der Waals surface area contributed by atoms with Crippen LogP contribution in [0.25, 0.3) is 0 Å². The molecule has 12 heavy (non-hydrogen) atoms. The average Bonchev–Trinajstić information content (AvgIpc) is 2.57. The number of carbonyl (C=O) groups is 1. The van der Waals surface area contributed by atoms with E-state index in [0.717, 1.165) is 6.42 Å². The van der Waals surface area contributed by atoms with Crippen LogP contribution in [0.3, 0.4) is 0 Å². The Labute approximate surface area is 75.6 Å². The van der Waals surface area contributed by atoms with E-state index in [1.807, 2.05) is 5.38 Å². The Balaban J connectivity index is 2.15. The number of amides is 1. The Hall–Kier alpha value is -0.870. The number of hydrogen-bond acceptors (Lipinski definition) is 3. The summed E-state index contributed by atoms with van der Waals surface area (Å²) in [5.74, 6) is -0.0924. The third-order valence-electron chi connectivity index (χ3n) is 1.50. The molecule has 4 heteroatoms. The van der Waals surface area contributed by atoms with E-state index in [-0.39, 0.29) is 12.5 Å². The summed E-state index contributed by atoms with van der Waals surface area (Å²) in [7, 11) is 0. The highest BCUT2D eigenvalue weighted by Crippen LogP contribution is 2.05. The van der Waals surface area contributed by atoms with Gasteiger partial charge in [-0.1, -0.05) is 0 Å². The standard InChI is InChI=1S/C8H12N2OS/c9-5-8(11)10-3-1-7-2-4-12-6-7/h2,4,6H,1,3,5,9H2,(H,10,11). The van der Waals surface area contributed by atoms with E-state index in [1.165, 1.54) is 5.56 Å². The van der Waals surface area contributed by atoms with Crippen LogP contribution >= 0.6 is 11.3 Å². The zero-order valence-corrected chi connectivity index (χ0v) is 7.56. The molecule has 0 spiro atoms. The fourth-order valence-corrected chi connectivity index (χ4v) is 1.56. The van der Waals surface area contributed by atoms with Gasteiger partial charge in [-0.3, -0.25) is 4.79 Å². The smallest absolute Gasteiger partial charge is 0.233 e. The monoisotopic (exact) mass is 184 g/mol. The van der Waals surface area contributed by atoms with Crippen LogP contribution in [0.1, 0.15) is 5.56 Å². The lowest BCUT2D eigenvalue weighted by Crippen LogP contribution is -2.31. The van der Waals surface area contributed by atoms with Gasteiger partial charge in [-0.05, 0) is 28.8 Å². The van der Waals surface area contributed by atoms with E-state index in [0.29, 0.717) is 6.54 Å². The van der Waals surface area contributed by atoms with Crippen LogP contribution in [0.15, 0.2) is 16.8 Å². The molecule has 0 saturated carbocycles. The lowest BCUT2D eigenvalue weighted by Gasteiger charge is -2.00. The third-order valence-corrected chi connectivity index (χ3v) is 2.23. The molecule has 0 radical (unpaired) electrons. The van der Waals surface area contributed by atoms with E-state index < -0.39 is 0 Å². The highest BCUT2D eigenvalue weighted by molar-refractivity contribution is 7.07. The third kappa shape index (κ3) is 3.02.